The highest BCUT2D eigenvalue weighted by atomic mass is 16.5. The lowest BCUT2D eigenvalue weighted by molar-refractivity contribution is 0.0246. The second-order valence-corrected chi connectivity index (χ2v) is 6.65. The highest BCUT2D eigenvalue weighted by molar-refractivity contribution is 5.58. The minimum absolute atomic E-state index is 0.250. The molecule has 1 fully saturated rings. The number of nitrogens with one attached hydrogen (secondary N) is 1. The summed E-state index contributed by atoms with van der Waals surface area (Å²) in [7, 11) is 0. The first kappa shape index (κ1) is 16.7. The summed E-state index contributed by atoms with van der Waals surface area (Å²) in [6.45, 7) is 3.67. The van der Waals surface area contributed by atoms with Crippen LogP contribution >= 0.6 is 0 Å². The second kappa shape index (κ2) is 7.66. The van der Waals surface area contributed by atoms with Gasteiger partial charge in [0.1, 0.15) is 0 Å². The van der Waals surface area contributed by atoms with Gasteiger partial charge >= 0.3 is 0 Å². The Hall–Kier alpha value is -2.73. The molecule has 6 heteroatoms. The van der Waals surface area contributed by atoms with E-state index in [1.165, 1.54) is 12.0 Å². The summed E-state index contributed by atoms with van der Waals surface area (Å²) in [6.07, 6.45) is 9.33. The van der Waals surface area contributed by atoms with Gasteiger partial charge < -0.3 is 10.1 Å². The maximum Gasteiger partial charge on any atom is 0.223 e. The van der Waals surface area contributed by atoms with Crippen LogP contribution in [0.4, 0.5) is 5.95 Å². The fraction of sp³-hybridized carbons (Fsp3) is 0.350. The molecule has 2 aromatic heterocycles. The monoisotopic (exact) mass is 349 g/mol. The number of nitrogens with zero attached hydrogens (tertiary/aromatic N) is 4. The molecular weight excluding hydrogens is 326 g/mol. The number of aromatic nitrogens is 4. The van der Waals surface area contributed by atoms with Gasteiger partial charge in [-0.2, -0.15) is 5.10 Å². The van der Waals surface area contributed by atoms with Gasteiger partial charge in [-0.3, -0.25) is 0 Å². The molecule has 0 aliphatic carbocycles. The molecule has 1 N–H and O–H groups in total. The van der Waals surface area contributed by atoms with E-state index in [0.717, 1.165) is 42.9 Å². The van der Waals surface area contributed by atoms with Crippen molar-refractivity contribution in [3.05, 3.63) is 54.5 Å². The molecule has 1 aliphatic heterocycles. The zero-order valence-electron chi connectivity index (χ0n) is 14.9. The minimum atomic E-state index is 0.250. The van der Waals surface area contributed by atoms with E-state index in [1.807, 2.05) is 35.3 Å². The molecule has 6 nitrogen and oxygen atoms in total. The predicted molar refractivity (Wildman–Crippen MR) is 101 cm³/mol. The van der Waals surface area contributed by atoms with Gasteiger partial charge in [-0.05, 0) is 49.9 Å². The molecule has 0 radical (unpaired) electrons. The SMILES string of the molecule is Cc1cccc(-n2cc(-c3ccnc(NC[C@@H]4CCCCO4)n3)cn2)c1. The first-order chi connectivity index (χ1) is 12.8. The van der Waals surface area contributed by atoms with Crippen molar-refractivity contribution in [2.75, 3.05) is 18.5 Å². The van der Waals surface area contributed by atoms with Crippen LogP contribution in [-0.4, -0.2) is 39.0 Å². The van der Waals surface area contributed by atoms with Crippen molar-refractivity contribution in [3.63, 3.8) is 0 Å². The van der Waals surface area contributed by atoms with E-state index in [-0.39, 0.29) is 6.10 Å². The molecule has 0 bridgehead atoms. The van der Waals surface area contributed by atoms with Crippen LogP contribution in [0, 0.1) is 6.92 Å². The van der Waals surface area contributed by atoms with Crippen LogP contribution in [0.25, 0.3) is 16.9 Å². The molecule has 0 amide bonds. The highest BCUT2D eigenvalue weighted by Crippen LogP contribution is 2.20. The number of ether oxygens (including phenoxy) is 1. The van der Waals surface area contributed by atoms with Gasteiger partial charge in [0.05, 0.1) is 23.7 Å². The Morgan fingerprint density at radius 1 is 1.27 bits per heavy atom. The third-order valence-corrected chi connectivity index (χ3v) is 4.56. The van der Waals surface area contributed by atoms with Crippen LogP contribution in [0.3, 0.4) is 0 Å². The second-order valence-electron chi connectivity index (χ2n) is 6.65. The van der Waals surface area contributed by atoms with E-state index >= 15 is 0 Å². The highest BCUT2D eigenvalue weighted by Gasteiger charge is 2.14. The summed E-state index contributed by atoms with van der Waals surface area (Å²) in [4.78, 5) is 8.94. The molecule has 1 aliphatic rings. The summed E-state index contributed by atoms with van der Waals surface area (Å²) in [5.74, 6) is 0.625. The average Bonchev–Trinajstić information content (AvgIpc) is 3.18. The molecule has 1 aromatic carbocycles. The number of aryl methyl sites for hydroxylation is 1. The Morgan fingerprint density at radius 3 is 3.08 bits per heavy atom. The number of benzene rings is 1. The standard InChI is InChI=1S/C20H23N5O/c1-15-5-4-6-17(11-15)25-14-16(12-23-25)19-8-9-21-20(24-19)22-13-18-7-2-3-10-26-18/h4-6,8-9,11-12,14,18H,2-3,7,10,13H2,1H3,(H,21,22,24)/t18-/m0/s1. The Balaban J connectivity index is 1.48. The zero-order chi connectivity index (χ0) is 17.8. The van der Waals surface area contributed by atoms with E-state index in [0.29, 0.717) is 5.95 Å². The van der Waals surface area contributed by atoms with Gasteiger partial charge in [0, 0.05) is 31.1 Å². The van der Waals surface area contributed by atoms with Gasteiger partial charge in [-0.25, -0.2) is 14.6 Å². The number of rotatable bonds is 5. The van der Waals surface area contributed by atoms with Crippen molar-refractivity contribution in [1.82, 2.24) is 19.7 Å². The van der Waals surface area contributed by atoms with E-state index in [9.17, 15) is 0 Å². The lowest BCUT2D eigenvalue weighted by Gasteiger charge is -2.22. The summed E-state index contributed by atoms with van der Waals surface area (Å²) in [5, 5.41) is 7.76. The normalized spacial score (nSPS) is 17.2. The van der Waals surface area contributed by atoms with Gasteiger partial charge in [-0.15, -0.1) is 0 Å². The lowest BCUT2D eigenvalue weighted by atomic mass is 10.1. The summed E-state index contributed by atoms with van der Waals surface area (Å²) < 4.78 is 7.61. The zero-order valence-corrected chi connectivity index (χ0v) is 14.9. The number of hydrogen-bond donors (Lipinski definition) is 1. The summed E-state index contributed by atoms with van der Waals surface area (Å²) in [6, 6.07) is 10.2. The third-order valence-electron chi connectivity index (χ3n) is 4.56. The van der Waals surface area contributed by atoms with Crippen molar-refractivity contribution in [1.29, 1.82) is 0 Å². The summed E-state index contributed by atoms with van der Waals surface area (Å²) in [5.41, 5.74) is 4.06. The third kappa shape index (κ3) is 3.91. The molecule has 134 valence electrons. The molecule has 3 heterocycles. The van der Waals surface area contributed by atoms with Crippen molar-refractivity contribution in [2.24, 2.45) is 0 Å². The van der Waals surface area contributed by atoms with E-state index in [1.54, 1.807) is 6.20 Å². The van der Waals surface area contributed by atoms with Gasteiger partial charge in [0.25, 0.3) is 0 Å². The Bertz CT molecular complexity index is 870. The largest absolute Gasteiger partial charge is 0.376 e. The number of anilines is 1. The fourth-order valence-corrected chi connectivity index (χ4v) is 3.14. The average molecular weight is 349 g/mol. The van der Waals surface area contributed by atoms with Crippen LogP contribution in [0.1, 0.15) is 24.8 Å². The van der Waals surface area contributed by atoms with Gasteiger partial charge in [0.2, 0.25) is 5.95 Å². The molecule has 0 spiro atoms. The van der Waals surface area contributed by atoms with E-state index < -0.39 is 0 Å². The van der Waals surface area contributed by atoms with E-state index in [4.69, 9.17) is 4.74 Å². The first-order valence-electron chi connectivity index (χ1n) is 9.08. The van der Waals surface area contributed by atoms with Crippen molar-refractivity contribution < 1.29 is 4.74 Å². The topological polar surface area (TPSA) is 64.9 Å². The van der Waals surface area contributed by atoms with Crippen molar-refractivity contribution >= 4 is 5.95 Å². The quantitative estimate of drug-likeness (QED) is 0.762. The Morgan fingerprint density at radius 2 is 2.23 bits per heavy atom. The van der Waals surface area contributed by atoms with Crippen LogP contribution in [0.5, 0.6) is 0 Å². The molecule has 3 aromatic rings. The number of hydrogen-bond acceptors (Lipinski definition) is 5. The molecular formula is C20H23N5O. The van der Waals surface area contributed by atoms with Gasteiger partial charge in [0.15, 0.2) is 0 Å². The van der Waals surface area contributed by atoms with Crippen molar-refractivity contribution in [3.8, 4) is 16.9 Å². The molecule has 0 unspecified atom stereocenters. The maximum atomic E-state index is 5.75. The van der Waals surface area contributed by atoms with Crippen LogP contribution in [-0.2, 0) is 4.74 Å². The van der Waals surface area contributed by atoms with E-state index in [2.05, 4.69) is 39.4 Å². The predicted octanol–water partition coefficient (Wildman–Crippen LogP) is 3.62. The fourth-order valence-electron chi connectivity index (χ4n) is 3.14. The van der Waals surface area contributed by atoms with Crippen LogP contribution < -0.4 is 5.32 Å². The maximum absolute atomic E-state index is 5.75. The first-order valence-corrected chi connectivity index (χ1v) is 9.08. The Labute approximate surface area is 153 Å². The Kier molecular flexibility index (Phi) is 4.93. The molecule has 26 heavy (non-hydrogen) atoms. The molecule has 4 rings (SSSR count). The smallest absolute Gasteiger partial charge is 0.223 e. The minimum Gasteiger partial charge on any atom is -0.376 e. The molecule has 1 atom stereocenters. The van der Waals surface area contributed by atoms with Crippen LogP contribution in [0.15, 0.2) is 48.9 Å². The molecule has 0 saturated carbocycles. The lowest BCUT2D eigenvalue weighted by Crippen LogP contribution is -2.27. The van der Waals surface area contributed by atoms with Gasteiger partial charge in [-0.1, -0.05) is 12.1 Å². The molecule has 1 saturated heterocycles. The van der Waals surface area contributed by atoms with Crippen molar-refractivity contribution in [2.45, 2.75) is 32.3 Å². The summed E-state index contributed by atoms with van der Waals surface area (Å²) >= 11 is 0. The van der Waals surface area contributed by atoms with Crippen LogP contribution in [0.2, 0.25) is 0 Å².